The van der Waals surface area contributed by atoms with Gasteiger partial charge in [0.1, 0.15) is 33.5 Å². The average molecular weight is 1570 g/mol. The Balaban J connectivity index is 0.000000101. The Labute approximate surface area is 702 Å². The number of hydrogen-bond acceptors (Lipinski definition) is 9. The molecule has 0 radical (unpaired) electrons. The van der Waals surface area contributed by atoms with E-state index in [1.54, 1.807) is 0 Å². The fourth-order valence-corrected chi connectivity index (χ4v) is 19.3. The lowest BCUT2D eigenvalue weighted by Crippen LogP contribution is -1.93. The van der Waals surface area contributed by atoms with Crippen molar-refractivity contribution in [2.45, 2.75) is 0 Å². The maximum absolute atomic E-state index is 6.40. The van der Waals surface area contributed by atoms with E-state index in [0.29, 0.717) is 0 Å². The first-order valence-corrected chi connectivity index (χ1v) is 41.5. The van der Waals surface area contributed by atoms with Crippen molar-refractivity contribution in [3.05, 3.63) is 401 Å². The normalized spacial score (nSPS) is 11.9. The van der Waals surface area contributed by atoms with Gasteiger partial charge in [0.15, 0.2) is 0 Å². The van der Waals surface area contributed by atoms with Gasteiger partial charge in [0, 0.05) is 98.0 Å². The first-order valence-electron chi connectivity index (χ1n) is 41.5. The van der Waals surface area contributed by atoms with Crippen LogP contribution in [0.25, 0.3) is 263 Å². The van der Waals surface area contributed by atoms with Gasteiger partial charge in [-0.2, -0.15) is 0 Å². The highest BCUT2D eigenvalue weighted by molar-refractivity contribution is 6.27. The Morgan fingerprint density at radius 1 is 0.154 bits per heavy atom. The molecule has 6 heterocycles. The molecule has 0 N–H and O–H groups in total. The molecule has 21 aromatic carbocycles. The van der Waals surface area contributed by atoms with E-state index < -0.39 is 0 Å². The lowest BCUT2D eigenvalue weighted by Gasteiger charge is -2.13. The molecule has 0 aliphatic carbocycles. The van der Waals surface area contributed by atoms with Gasteiger partial charge in [-0.1, -0.05) is 352 Å². The standard InChI is InChI=1S/3C38H22N2O/c1-3-13-30-25(10-1)26-11-2-4-14-31(26)37-36(30)39-22-34(40-37)28-18-8-15-23-24(28)16-7-17-27(23)32-19-9-20-33-29-12-5-6-21-35(29)41-38(32)33;1-3-11-31-28(8-1)29-9-2-4-12-32(29)37-36(31)39-22-34(40-37)25-19-17-23-16-18-24(20-26(23)21-25)27-13-7-14-33-30-10-5-6-15-35(30)41-38(27)33;1-2-11-24-23(10-1)27(32-17-9-18-33-29-14-7-8-19-35(29)41-38(32)33)20-21-28(24)34-22-39-36-30-15-5-3-12-25(30)26-13-4-6-16-31(26)37(36)40-34/h3*1-22H. The third-order valence-corrected chi connectivity index (χ3v) is 24.9. The number of rotatable bonds is 6. The molecule has 9 nitrogen and oxygen atoms in total. The maximum Gasteiger partial charge on any atom is 0.143 e. The smallest absolute Gasteiger partial charge is 0.143 e. The molecule has 0 aliphatic heterocycles. The molecule has 6 aromatic heterocycles. The summed E-state index contributed by atoms with van der Waals surface area (Å²) in [5, 5.41) is 27.7. The Morgan fingerprint density at radius 3 is 0.829 bits per heavy atom. The number of aromatic nitrogens is 6. The average Bonchev–Trinajstić information content (AvgIpc) is 1.30. The van der Waals surface area contributed by atoms with Crippen LogP contribution in [-0.4, -0.2) is 29.9 Å². The lowest BCUT2D eigenvalue weighted by atomic mass is 9.93. The Bertz CT molecular complexity index is 8730. The minimum Gasteiger partial charge on any atom is -0.455 e. The minimum atomic E-state index is 0.864. The molecule has 0 amide bonds. The molecule has 0 unspecified atom stereocenters. The van der Waals surface area contributed by atoms with Gasteiger partial charge in [0.25, 0.3) is 0 Å². The second-order valence-corrected chi connectivity index (χ2v) is 31.7. The summed E-state index contributed by atoms with van der Waals surface area (Å²) in [6, 6.07) is 134. The van der Waals surface area contributed by atoms with Gasteiger partial charge in [0.2, 0.25) is 0 Å². The quantitative estimate of drug-likeness (QED) is 0.150. The van der Waals surface area contributed by atoms with Crippen LogP contribution >= 0.6 is 0 Å². The summed E-state index contributed by atoms with van der Waals surface area (Å²) in [7, 11) is 0. The lowest BCUT2D eigenvalue weighted by molar-refractivity contribution is 0.669. The summed E-state index contributed by atoms with van der Waals surface area (Å²) in [6.45, 7) is 0. The predicted octanol–water partition coefficient (Wildman–Crippen LogP) is 31.0. The number of furan rings is 3. The second-order valence-electron chi connectivity index (χ2n) is 31.7. The summed E-state index contributed by atoms with van der Waals surface area (Å²) in [5.41, 5.74) is 23.5. The van der Waals surface area contributed by atoms with E-state index in [2.05, 4.69) is 346 Å². The van der Waals surface area contributed by atoms with E-state index in [1.165, 1.54) is 37.7 Å². The molecule has 0 spiro atoms. The highest BCUT2D eigenvalue weighted by Crippen LogP contribution is 2.47. The number of benzene rings is 21. The van der Waals surface area contributed by atoms with Gasteiger partial charge in [-0.3, -0.25) is 15.0 Å². The molecule has 123 heavy (non-hydrogen) atoms. The molecule has 0 bridgehead atoms. The van der Waals surface area contributed by atoms with E-state index in [9.17, 15) is 0 Å². The fourth-order valence-electron chi connectivity index (χ4n) is 19.3. The summed E-state index contributed by atoms with van der Waals surface area (Å²) in [4.78, 5) is 30.7. The van der Waals surface area contributed by atoms with Crippen molar-refractivity contribution in [2.24, 2.45) is 0 Å². The first kappa shape index (κ1) is 69.5. The van der Waals surface area contributed by atoms with Gasteiger partial charge >= 0.3 is 0 Å². The van der Waals surface area contributed by atoms with Gasteiger partial charge in [0.05, 0.1) is 68.8 Å². The third kappa shape index (κ3) is 11.2. The largest absolute Gasteiger partial charge is 0.455 e. The highest BCUT2D eigenvalue weighted by Gasteiger charge is 2.23. The molecule has 9 heteroatoms. The summed E-state index contributed by atoms with van der Waals surface area (Å²) < 4.78 is 19.1. The van der Waals surface area contributed by atoms with Crippen molar-refractivity contribution in [2.75, 3.05) is 0 Å². The zero-order valence-electron chi connectivity index (χ0n) is 66.0. The molecule has 0 aliphatic rings. The van der Waals surface area contributed by atoms with E-state index in [-0.39, 0.29) is 0 Å². The second kappa shape index (κ2) is 28.0. The molecule has 27 rings (SSSR count). The van der Waals surface area contributed by atoms with E-state index in [0.717, 1.165) is 225 Å². The van der Waals surface area contributed by atoms with Crippen LogP contribution in [0.15, 0.2) is 414 Å². The molecule has 0 saturated carbocycles. The van der Waals surface area contributed by atoms with Crippen molar-refractivity contribution in [3.8, 4) is 67.2 Å². The Hall–Kier alpha value is -16.6. The molecule has 570 valence electrons. The Kier molecular flexibility index (Phi) is 15.8. The molecule has 0 saturated heterocycles. The Morgan fingerprint density at radius 2 is 0.415 bits per heavy atom. The summed E-state index contributed by atoms with van der Waals surface area (Å²) in [5.74, 6) is 0. The van der Waals surface area contributed by atoms with Gasteiger partial charge in [-0.05, 0) is 112 Å². The van der Waals surface area contributed by atoms with Crippen LogP contribution in [0.1, 0.15) is 0 Å². The number of para-hydroxylation sites is 6. The third-order valence-electron chi connectivity index (χ3n) is 24.9. The monoisotopic (exact) mass is 1570 g/mol. The zero-order valence-corrected chi connectivity index (χ0v) is 66.0. The molecule has 0 atom stereocenters. The zero-order chi connectivity index (χ0) is 80.7. The topological polar surface area (TPSA) is 117 Å². The first-order chi connectivity index (χ1) is 61.0. The van der Waals surface area contributed by atoms with Crippen molar-refractivity contribution in [1.29, 1.82) is 0 Å². The van der Waals surface area contributed by atoms with Gasteiger partial charge in [-0.15, -0.1) is 0 Å². The number of nitrogens with zero attached hydrogens (tertiary/aromatic N) is 6. The van der Waals surface area contributed by atoms with Crippen LogP contribution in [0.3, 0.4) is 0 Å². The van der Waals surface area contributed by atoms with Crippen molar-refractivity contribution in [3.63, 3.8) is 0 Å². The predicted molar refractivity (Wildman–Crippen MR) is 511 cm³/mol. The SMILES string of the molecule is c1ccc2c(c1)oc1c(-c3ccc(-c4cnc5c6ccccc6c6ccccc6c5n4)c4ccccc34)cccc12.c1ccc2c(c1)oc1c(-c3ccc4ccc(-c5cnc6c7ccccc7c7ccccc7c6n5)cc4c3)cccc12.c1ccc2c(c1)oc1c(-c3cccc4c(-c5cnc6c7ccccc7c7ccccc7c6n5)cccc34)cccc12. The van der Waals surface area contributed by atoms with Gasteiger partial charge in [-0.25, -0.2) is 15.0 Å². The van der Waals surface area contributed by atoms with Crippen LogP contribution in [0.5, 0.6) is 0 Å². The summed E-state index contributed by atoms with van der Waals surface area (Å²) >= 11 is 0. The maximum atomic E-state index is 6.40. The van der Waals surface area contributed by atoms with E-state index >= 15 is 0 Å². The van der Waals surface area contributed by atoms with Crippen molar-refractivity contribution in [1.82, 2.24) is 29.9 Å². The van der Waals surface area contributed by atoms with Crippen LogP contribution in [0, 0.1) is 0 Å². The van der Waals surface area contributed by atoms with Crippen LogP contribution < -0.4 is 0 Å². The molecule has 0 fully saturated rings. The number of fused-ring (bicyclic) bond motifs is 30. The molecular weight excluding hydrogens is 1500 g/mol. The van der Waals surface area contributed by atoms with Gasteiger partial charge < -0.3 is 13.3 Å². The van der Waals surface area contributed by atoms with Crippen molar-refractivity contribution < 1.29 is 13.3 Å². The van der Waals surface area contributed by atoms with Crippen LogP contribution in [-0.2, 0) is 0 Å². The van der Waals surface area contributed by atoms with Crippen LogP contribution in [0.2, 0.25) is 0 Å². The van der Waals surface area contributed by atoms with Crippen molar-refractivity contribution >= 4 is 196 Å². The molecular formula is C114H66N6O3. The van der Waals surface area contributed by atoms with E-state index in [1.807, 2.05) is 55.0 Å². The van der Waals surface area contributed by atoms with Crippen LogP contribution in [0.4, 0.5) is 0 Å². The number of hydrogen-bond donors (Lipinski definition) is 0. The highest BCUT2D eigenvalue weighted by atomic mass is 16.3. The van der Waals surface area contributed by atoms with E-state index in [4.69, 9.17) is 43.2 Å². The molecule has 27 aromatic rings. The summed E-state index contributed by atoms with van der Waals surface area (Å²) in [6.07, 6.45) is 5.75. The fraction of sp³-hybridized carbons (Fsp3) is 0. The minimum absolute atomic E-state index is 0.864.